The van der Waals surface area contributed by atoms with Gasteiger partial charge < -0.3 is 10.1 Å². The van der Waals surface area contributed by atoms with Crippen LogP contribution in [0.15, 0.2) is 29.6 Å². The number of benzene rings is 1. The number of anilines is 2. The molecule has 0 bridgehead atoms. The Bertz CT molecular complexity index is 1050. The third-order valence-corrected chi connectivity index (χ3v) is 5.95. The number of fused-ring (bicyclic) bond motifs is 1. The summed E-state index contributed by atoms with van der Waals surface area (Å²) in [5.74, 6) is -1.23. The summed E-state index contributed by atoms with van der Waals surface area (Å²) >= 11 is 1.20. The van der Waals surface area contributed by atoms with Crippen LogP contribution in [0.1, 0.15) is 21.5 Å². The second kappa shape index (κ2) is 7.38. The summed E-state index contributed by atoms with van der Waals surface area (Å²) in [5, 5.41) is 13.5. The lowest BCUT2D eigenvalue weighted by atomic mass is 10.1. The van der Waals surface area contributed by atoms with Crippen LogP contribution in [-0.2, 0) is 26.0 Å². The van der Waals surface area contributed by atoms with Crippen molar-refractivity contribution in [1.29, 1.82) is 5.26 Å². The first-order valence-electron chi connectivity index (χ1n) is 7.85. The number of nitrogens with zero attached hydrogens (tertiary/aromatic N) is 2. The zero-order chi connectivity index (χ0) is 19.6. The van der Waals surface area contributed by atoms with Gasteiger partial charge in [0.25, 0.3) is 5.91 Å². The molecule has 1 amide bonds. The Balaban J connectivity index is 1.62. The quantitative estimate of drug-likeness (QED) is 0.758. The van der Waals surface area contributed by atoms with Gasteiger partial charge in [-0.1, -0.05) is 0 Å². The molecule has 8 nitrogen and oxygen atoms in total. The maximum Gasteiger partial charge on any atom is 0.338 e. The Morgan fingerprint density at radius 2 is 2.15 bits per heavy atom. The SMILES string of the molecule is CS(=O)(=O)N1CCc2cc(C(=O)OCC(=O)Nc3sccc3C#N)ccc21. The maximum absolute atomic E-state index is 12.2. The van der Waals surface area contributed by atoms with Crippen molar-refractivity contribution >= 4 is 43.9 Å². The number of hydrogen-bond acceptors (Lipinski definition) is 7. The molecule has 0 radical (unpaired) electrons. The molecule has 140 valence electrons. The van der Waals surface area contributed by atoms with E-state index < -0.39 is 28.5 Å². The summed E-state index contributed by atoms with van der Waals surface area (Å²) in [6, 6.07) is 8.14. The number of carbonyl (C=O) groups is 2. The van der Waals surface area contributed by atoms with Crippen molar-refractivity contribution in [2.75, 3.05) is 29.0 Å². The lowest BCUT2D eigenvalue weighted by Gasteiger charge is -2.16. The van der Waals surface area contributed by atoms with E-state index in [0.717, 1.165) is 11.8 Å². The molecule has 2 heterocycles. The van der Waals surface area contributed by atoms with Crippen LogP contribution in [0.4, 0.5) is 10.7 Å². The van der Waals surface area contributed by atoms with Gasteiger partial charge in [-0.2, -0.15) is 5.26 Å². The number of nitrogens with one attached hydrogen (secondary N) is 1. The first-order valence-corrected chi connectivity index (χ1v) is 10.6. The highest BCUT2D eigenvalue weighted by Crippen LogP contribution is 2.30. The van der Waals surface area contributed by atoms with Crippen molar-refractivity contribution in [3.05, 3.63) is 46.3 Å². The first-order chi connectivity index (χ1) is 12.8. The standard InChI is InChI=1S/C17H15N3O5S2/c1-27(23,24)20-6-4-11-8-12(2-3-14(11)20)17(22)25-10-15(21)19-16-13(9-18)5-7-26-16/h2-3,5,7-8H,4,6,10H2,1H3,(H,19,21). The minimum Gasteiger partial charge on any atom is -0.452 e. The van der Waals surface area contributed by atoms with E-state index in [1.54, 1.807) is 23.6 Å². The minimum absolute atomic E-state index is 0.241. The van der Waals surface area contributed by atoms with Gasteiger partial charge in [-0.3, -0.25) is 9.10 Å². The number of nitriles is 1. The predicted octanol–water partition coefficient (Wildman–Crippen LogP) is 1.74. The maximum atomic E-state index is 12.2. The van der Waals surface area contributed by atoms with E-state index in [2.05, 4.69) is 5.32 Å². The highest BCUT2D eigenvalue weighted by atomic mass is 32.2. The Morgan fingerprint density at radius 1 is 1.37 bits per heavy atom. The number of rotatable bonds is 5. The molecular weight excluding hydrogens is 390 g/mol. The number of hydrogen-bond donors (Lipinski definition) is 1. The van der Waals surface area contributed by atoms with E-state index in [4.69, 9.17) is 10.00 Å². The highest BCUT2D eigenvalue weighted by molar-refractivity contribution is 7.92. The van der Waals surface area contributed by atoms with Crippen LogP contribution in [-0.4, -0.2) is 39.7 Å². The van der Waals surface area contributed by atoms with Gasteiger partial charge in [-0.25, -0.2) is 13.2 Å². The molecule has 10 heteroatoms. The van der Waals surface area contributed by atoms with E-state index in [0.29, 0.717) is 29.2 Å². The van der Waals surface area contributed by atoms with Gasteiger partial charge >= 0.3 is 5.97 Å². The Hall–Kier alpha value is -2.90. The van der Waals surface area contributed by atoms with E-state index in [1.807, 2.05) is 6.07 Å². The first kappa shape index (κ1) is 18.9. The number of sulfonamides is 1. The van der Waals surface area contributed by atoms with Crippen molar-refractivity contribution in [2.24, 2.45) is 0 Å². The molecule has 0 unspecified atom stereocenters. The summed E-state index contributed by atoms with van der Waals surface area (Å²) in [6.07, 6.45) is 1.63. The Morgan fingerprint density at radius 3 is 2.85 bits per heavy atom. The van der Waals surface area contributed by atoms with Crippen molar-refractivity contribution in [1.82, 2.24) is 0 Å². The second-order valence-corrected chi connectivity index (χ2v) is 8.65. The van der Waals surface area contributed by atoms with Crippen LogP contribution in [0.2, 0.25) is 0 Å². The zero-order valence-corrected chi connectivity index (χ0v) is 15.9. The van der Waals surface area contributed by atoms with Crippen LogP contribution >= 0.6 is 11.3 Å². The van der Waals surface area contributed by atoms with E-state index >= 15 is 0 Å². The highest BCUT2D eigenvalue weighted by Gasteiger charge is 2.27. The fourth-order valence-electron chi connectivity index (χ4n) is 2.71. The average Bonchev–Trinajstić information content (AvgIpc) is 3.24. The molecule has 1 aromatic heterocycles. The summed E-state index contributed by atoms with van der Waals surface area (Å²) in [4.78, 5) is 24.1. The molecule has 0 atom stereocenters. The molecule has 0 fully saturated rings. The smallest absolute Gasteiger partial charge is 0.338 e. The molecule has 2 aromatic rings. The van der Waals surface area contributed by atoms with Crippen molar-refractivity contribution in [2.45, 2.75) is 6.42 Å². The molecule has 1 aromatic carbocycles. The van der Waals surface area contributed by atoms with Crippen LogP contribution < -0.4 is 9.62 Å². The molecule has 0 aliphatic carbocycles. The summed E-state index contributed by atoms with van der Waals surface area (Å²) in [5.41, 5.74) is 1.87. The Kier molecular flexibility index (Phi) is 5.16. The fourth-order valence-corrected chi connectivity index (χ4v) is 4.43. The summed E-state index contributed by atoms with van der Waals surface area (Å²) in [6.45, 7) is -0.161. The van der Waals surface area contributed by atoms with Crippen LogP contribution in [0.5, 0.6) is 0 Å². The van der Waals surface area contributed by atoms with Crippen LogP contribution in [0, 0.1) is 11.3 Å². The third-order valence-electron chi connectivity index (χ3n) is 3.94. The molecule has 1 aliphatic heterocycles. The van der Waals surface area contributed by atoms with Gasteiger partial charge in [0, 0.05) is 6.54 Å². The lowest BCUT2D eigenvalue weighted by molar-refractivity contribution is -0.119. The van der Waals surface area contributed by atoms with Gasteiger partial charge in [0.05, 0.1) is 23.1 Å². The number of ether oxygens (including phenoxy) is 1. The number of amides is 1. The number of thiophene rings is 1. The monoisotopic (exact) mass is 405 g/mol. The summed E-state index contributed by atoms with van der Waals surface area (Å²) < 4.78 is 29.8. The van der Waals surface area contributed by atoms with E-state index in [9.17, 15) is 18.0 Å². The fraction of sp³-hybridized carbons (Fsp3) is 0.235. The van der Waals surface area contributed by atoms with E-state index in [1.165, 1.54) is 21.7 Å². The second-order valence-electron chi connectivity index (χ2n) is 5.83. The normalized spacial score (nSPS) is 13.0. The van der Waals surface area contributed by atoms with Crippen LogP contribution in [0.25, 0.3) is 0 Å². The van der Waals surface area contributed by atoms with Gasteiger partial charge in [0.15, 0.2) is 6.61 Å². The van der Waals surface area contributed by atoms with Crippen LogP contribution in [0.3, 0.4) is 0 Å². The molecule has 0 saturated heterocycles. The predicted molar refractivity (Wildman–Crippen MR) is 100 cm³/mol. The minimum atomic E-state index is -3.36. The molecule has 3 rings (SSSR count). The van der Waals surface area contributed by atoms with Crippen molar-refractivity contribution in [3.8, 4) is 6.07 Å². The average molecular weight is 405 g/mol. The topological polar surface area (TPSA) is 117 Å². The molecule has 27 heavy (non-hydrogen) atoms. The largest absolute Gasteiger partial charge is 0.452 e. The van der Waals surface area contributed by atoms with Gasteiger partial charge in [0.1, 0.15) is 11.1 Å². The van der Waals surface area contributed by atoms with Crippen molar-refractivity contribution < 1.29 is 22.7 Å². The molecule has 0 saturated carbocycles. The Labute approximate surface area is 160 Å². The molecule has 1 aliphatic rings. The van der Waals surface area contributed by atoms with E-state index in [-0.39, 0.29) is 5.56 Å². The molecule has 0 spiro atoms. The molecular formula is C17H15N3O5S2. The van der Waals surface area contributed by atoms with Crippen molar-refractivity contribution in [3.63, 3.8) is 0 Å². The number of carbonyl (C=O) groups excluding carboxylic acids is 2. The lowest BCUT2D eigenvalue weighted by Crippen LogP contribution is -2.27. The summed E-state index contributed by atoms with van der Waals surface area (Å²) in [7, 11) is -3.36. The third kappa shape index (κ3) is 4.10. The van der Waals surface area contributed by atoms with Gasteiger partial charge in [-0.15, -0.1) is 11.3 Å². The van der Waals surface area contributed by atoms with Gasteiger partial charge in [0.2, 0.25) is 10.0 Å². The number of esters is 1. The van der Waals surface area contributed by atoms with Gasteiger partial charge in [-0.05, 0) is 41.6 Å². The zero-order valence-electron chi connectivity index (χ0n) is 14.3. The molecule has 1 N–H and O–H groups in total.